The van der Waals surface area contributed by atoms with Crippen molar-refractivity contribution in [3.05, 3.63) is 112 Å². The number of nitrogens with one attached hydrogen (secondary N) is 1. The van der Waals surface area contributed by atoms with Gasteiger partial charge in [-0.25, -0.2) is 9.78 Å². The van der Waals surface area contributed by atoms with E-state index in [2.05, 4.69) is 43.0 Å². The van der Waals surface area contributed by atoms with Crippen LogP contribution in [0.4, 0.5) is 17.3 Å². The quantitative estimate of drug-likeness (QED) is 0.0510. The van der Waals surface area contributed by atoms with Crippen LogP contribution in [0.2, 0.25) is 0 Å². The first-order valence-electron chi connectivity index (χ1n) is 22.3. The number of methoxy groups -OCH3 is 1. The van der Waals surface area contributed by atoms with Crippen LogP contribution < -0.4 is 31.3 Å². The molecule has 4 heterocycles. The van der Waals surface area contributed by atoms with Crippen molar-refractivity contribution in [3.63, 3.8) is 0 Å². The number of hydrogen-bond donors (Lipinski definition) is 3. The number of fused-ring (bicyclic) bond motifs is 2. The maximum Gasteiger partial charge on any atom is 0.356 e. The maximum absolute atomic E-state index is 14.3. The lowest BCUT2D eigenvalue weighted by Crippen LogP contribution is -2.39. The predicted octanol–water partition coefficient (Wildman–Crippen LogP) is 6.78. The van der Waals surface area contributed by atoms with E-state index in [1.807, 2.05) is 70.3 Å². The van der Waals surface area contributed by atoms with Gasteiger partial charge in [-0.1, -0.05) is 24.6 Å². The number of anilines is 3. The molecule has 1 aliphatic rings. The molecule has 1 atom stereocenters. The highest BCUT2D eigenvalue weighted by atomic mass is 16.5. The van der Waals surface area contributed by atoms with E-state index in [9.17, 15) is 14.4 Å². The molecule has 5 N–H and O–H groups in total. The summed E-state index contributed by atoms with van der Waals surface area (Å²) < 4.78 is 16.3. The number of unbranched alkanes of at least 4 members (excludes halogenated alkanes) is 3. The fourth-order valence-electron chi connectivity index (χ4n) is 8.77. The minimum absolute atomic E-state index is 0.196. The average Bonchev–Trinajstić information content (AvgIpc) is 4.02. The van der Waals surface area contributed by atoms with Gasteiger partial charge in [0, 0.05) is 63.0 Å². The number of nitrogens with two attached hydrogens (primary N) is 2. The van der Waals surface area contributed by atoms with Crippen molar-refractivity contribution >= 4 is 46.1 Å². The molecule has 3 aromatic carbocycles. The van der Waals surface area contributed by atoms with Crippen molar-refractivity contribution in [1.82, 2.24) is 29.1 Å². The summed E-state index contributed by atoms with van der Waals surface area (Å²) in [6.07, 6.45) is 5.26. The van der Waals surface area contributed by atoms with Crippen LogP contribution in [0, 0.1) is 13.8 Å². The minimum Gasteiger partial charge on any atom is -0.497 e. The number of aryl methyl sites for hydroxylation is 5. The van der Waals surface area contributed by atoms with Crippen molar-refractivity contribution in [1.29, 1.82) is 0 Å². The number of rotatable bonds is 21. The molecule has 3 aromatic heterocycles. The monoisotopic (exact) mass is 871 g/mol. The number of esters is 1. The van der Waals surface area contributed by atoms with Gasteiger partial charge in [-0.3, -0.25) is 24.3 Å². The predicted molar refractivity (Wildman–Crippen MR) is 249 cm³/mol. The first kappa shape index (κ1) is 45.3. The fourth-order valence-corrected chi connectivity index (χ4v) is 8.77. The summed E-state index contributed by atoms with van der Waals surface area (Å²) in [6, 6.07) is 21.5. The highest BCUT2D eigenvalue weighted by Crippen LogP contribution is 2.33. The van der Waals surface area contributed by atoms with Crippen LogP contribution in [-0.2, 0) is 43.8 Å². The third-order valence-corrected chi connectivity index (χ3v) is 12.0. The van der Waals surface area contributed by atoms with E-state index in [4.69, 9.17) is 31.0 Å². The van der Waals surface area contributed by atoms with Crippen LogP contribution in [0.25, 0.3) is 11.0 Å². The molecule has 1 unspecified atom stereocenters. The Balaban J connectivity index is 1.07. The number of hydrogen-bond acceptors (Lipinski definition) is 11. The summed E-state index contributed by atoms with van der Waals surface area (Å²) in [5.41, 5.74) is 21.9. The molecule has 2 amide bonds. The fraction of sp³-hybridized carbons (Fsp3) is 0.417. The second-order valence-corrected chi connectivity index (χ2v) is 16.4. The van der Waals surface area contributed by atoms with Crippen molar-refractivity contribution in [2.24, 2.45) is 11.5 Å². The zero-order chi connectivity index (χ0) is 45.5. The highest BCUT2D eigenvalue weighted by molar-refractivity contribution is 6.03. The Labute approximate surface area is 374 Å². The largest absolute Gasteiger partial charge is 0.497 e. The number of imidazole rings is 1. The molecule has 6 aromatic rings. The van der Waals surface area contributed by atoms with Gasteiger partial charge in [-0.15, -0.1) is 0 Å². The Morgan fingerprint density at radius 1 is 0.906 bits per heavy atom. The Morgan fingerprint density at radius 3 is 2.41 bits per heavy atom. The minimum atomic E-state index is -0.453. The molecule has 7 rings (SSSR count). The van der Waals surface area contributed by atoms with Gasteiger partial charge in [-0.05, 0) is 119 Å². The Morgan fingerprint density at radius 2 is 1.67 bits per heavy atom. The third kappa shape index (κ3) is 9.91. The number of amides is 2. The molecule has 0 bridgehead atoms. The molecule has 0 fully saturated rings. The van der Waals surface area contributed by atoms with Crippen LogP contribution >= 0.6 is 0 Å². The van der Waals surface area contributed by atoms with Crippen molar-refractivity contribution in [2.45, 2.75) is 105 Å². The first-order valence-corrected chi connectivity index (χ1v) is 22.3. The number of aromatic nitrogens is 6. The van der Waals surface area contributed by atoms with Crippen molar-refractivity contribution in [3.8, 4) is 5.75 Å². The zero-order valence-electron chi connectivity index (χ0n) is 37.9. The molecule has 0 saturated heterocycles. The van der Waals surface area contributed by atoms with E-state index in [-0.39, 0.29) is 18.0 Å². The number of para-hydroxylation sites is 1. The second-order valence-electron chi connectivity index (χ2n) is 16.4. The van der Waals surface area contributed by atoms with Gasteiger partial charge < -0.3 is 35.3 Å². The molecule has 16 heteroatoms. The molecule has 16 nitrogen and oxygen atoms in total. The smallest absolute Gasteiger partial charge is 0.356 e. The van der Waals surface area contributed by atoms with Crippen molar-refractivity contribution in [2.75, 3.05) is 42.4 Å². The normalized spacial score (nSPS) is 13.4. The Hall–Kier alpha value is -6.68. The lowest BCUT2D eigenvalue weighted by atomic mass is 10.0. The molecular formula is C48H61N11O5. The summed E-state index contributed by atoms with van der Waals surface area (Å²) >= 11 is 0. The number of ether oxygens (including phenoxy) is 2. The zero-order valence-corrected chi connectivity index (χ0v) is 37.9. The summed E-state index contributed by atoms with van der Waals surface area (Å²) in [6.45, 7) is 11.0. The van der Waals surface area contributed by atoms with E-state index < -0.39 is 5.91 Å². The van der Waals surface area contributed by atoms with E-state index in [1.165, 1.54) is 0 Å². The molecule has 338 valence electrons. The average molecular weight is 872 g/mol. The topological polar surface area (TPSA) is 194 Å². The number of primary amides is 1. The first-order chi connectivity index (χ1) is 30.9. The van der Waals surface area contributed by atoms with Crippen LogP contribution in [0.1, 0.15) is 105 Å². The highest BCUT2D eigenvalue weighted by Gasteiger charge is 2.27. The lowest BCUT2D eigenvalue weighted by molar-refractivity contribution is 0.0510. The standard InChI is InChI=1S/C48H61N11O5/c1-7-58-44(47(62)64-8-2)37(32(4)54-58)15-10-9-11-26-59-41(27-31(3)53-59)46(61)52-48-51-43-39(55(5)30-33-18-21-36(63-6)22-19-33)16-14-17-40(43)57(48)25-13-12-24-56-38-23-20-34(45(50)60)28-35(38)29-42(56)49/h14,16-23,27-28,42H,7-13,15,24-26,29-30,49H2,1-6H3,(H2,50,60)(H,51,52,61). The number of benzene rings is 3. The summed E-state index contributed by atoms with van der Waals surface area (Å²) in [7, 11) is 3.70. The molecule has 1 aliphatic heterocycles. The Kier molecular flexibility index (Phi) is 14.3. The van der Waals surface area contributed by atoms with Gasteiger partial charge in [0.15, 0.2) is 0 Å². The lowest BCUT2D eigenvalue weighted by Gasteiger charge is -2.24. The van der Waals surface area contributed by atoms with Crippen LogP contribution in [0.15, 0.2) is 66.7 Å². The van der Waals surface area contributed by atoms with E-state index in [1.54, 1.807) is 29.5 Å². The van der Waals surface area contributed by atoms with Gasteiger partial charge in [0.25, 0.3) is 5.91 Å². The van der Waals surface area contributed by atoms with Crippen LogP contribution in [0.3, 0.4) is 0 Å². The Bertz CT molecular complexity index is 2610. The van der Waals surface area contributed by atoms with Crippen LogP contribution in [0.5, 0.6) is 5.75 Å². The summed E-state index contributed by atoms with van der Waals surface area (Å²) in [4.78, 5) is 48.3. The SMILES string of the molecule is CCOC(=O)c1c(CCCCCn2nc(C)cc2C(=O)Nc2nc3c(N(C)Cc4ccc(OC)cc4)cccc3n2CCCCN2c3ccc(C(N)=O)cc3CC2N)c(C)nn1CC. The van der Waals surface area contributed by atoms with Gasteiger partial charge >= 0.3 is 5.97 Å². The third-order valence-electron chi connectivity index (χ3n) is 12.0. The molecule has 0 aliphatic carbocycles. The molecular weight excluding hydrogens is 811 g/mol. The number of carbonyl (C=O) groups is 3. The molecule has 0 spiro atoms. The molecule has 64 heavy (non-hydrogen) atoms. The van der Waals surface area contributed by atoms with Crippen LogP contribution in [-0.4, -0.2) is 80.4 Å². The van der Waals surface area contributed by atoms with E-state index >= 15 is 0 Å². The number of nitrogens with zero attached hydrogens (tertiary/aromatic N) is 8. The van der Waals surface area contributed by atoms with Crippen molar-refractivity contribution < 1.29 is 23.9 Å². The van der Waals surface area contributed by atoms with E-state index in [0.29, 0.717) is 68.5 Å². The van der Waals surface area contributed by atoms with Gasteiger partial charge in [0.05, 0.1) is 42.5 Å². The maximum atomic E-state index is 14.3. The van der Waals surface area contributed by atoms with Gasteiger partial charge in [-0.2, -0.15) is 10.2 Å². The summed E-state index contributed by atoms with van der Waals surface area (Å²) in [5.74, 6) is 0.175. The van der Waals surface area contributed by atoms with Gasteiger partial charge in [0.2, 0.25) is 11.9 Å². The second kappa shape index (κ2) is 20.2. The van der Waals surface area contributed by atoms with Gasteiger partial charge in [0.1, 0.15) is 22.7 Å². The summed E-state index contributed by atoms with van der Waals surface area (Å²) in [5, 5.41) is 12.5. The molecule has 0 saturated carbocycles. The molecule has 0 radical (unpaired) electrons. The van der Waals surface area contributed by atoms with E-state index in [0.717, 1.165) is 94.9 Å². The number of carbonyl (C=O) groups excluding carboxylic acids is 3.